The standard InChI is InChI=1S/C18H21Cl2N3O2/c1-18(2,10-21)11-23(3)17(24)12-7-8-15(22-9-12)25-14-6-4-5-13(19)16(14)20/h4-9H,10-11,21H2,1-3H3. The van der Waals surface area contributed by atoms with Gasteiger partial charge in [0.25, 0.3) is 5.91 Å². The Morgan fingerprint density at radius 3 is 2.60 bits per heavy atom. The highest BCUT2D eigenvalue weighted by Crippen LogP contribution is 2.34. The maximum Gasteiger partial charge on any atom is 0.255 e. The maximum absolute atomic E-state index is 12.5. The van der Waals surface area contributed by atoms with Crippen LogP contribution in [0.1, 0.15) is 24.2 Å². The van der Waals surface area contributed by atoms with Crippen LogP contribution in [0, 0.1) is 5.41 Å². The van der Waals surface area contributed by atoms with E-state index in [0.717, 1.165) is 0 Å². The van der Waals surface area contributed by atoms with E-state index in [2.05, 4.69) is 4.98 Å². The molecule has 0 aliphatic rings. The lowest BCUT2D eigenvalue weighted by Gasteiger charge is -2.29. The summed E-state index contributed by atoms with van der Waals surface area (Å²) in [7, 11) is 1.75. The first-order valence-electron chi connectivity index (χ1n) is 7.77. The Morgan fingerprint density at radius 1 is 1.28 bits per heavy atom. The molecule has 0 aliphatic heterocycles. The van der Waals surface area contributed by atoms with Crippen LogP contribution in [0.2, 0.25) is 10.0 Å². The number of pyridine rings is 1. The Balaban J connectivity index is 2.09. The third-order valence-corrected chi connectivity index (χ3v) is 4.48. The number of hydrogen-bond acceptors (Lipinski definition) is 4. The molecule has 0 saturated heterocycles. The fourth-order valence-electron chi connectivity index (χ4n) is 2.24. The van der Waals surface area contributed by atoms with E-state index in [1.807, 2.05) is 13.8 Å². The summed E-state index contributed by atoms with van der Waals surface area (Å²) >= 11 is 12.0. The first-order valence-corrected chi connectivity index (χ1v) is 8.52. The Kier molecular flexibility index (Phi) is 6.27. The van der Waals surface area contributed by atoms with Gasteiger partial charge < -0.3 is 15.4 Å². The van der Waals surface area contributed by atoms with Crippen molar-refractivity contribution in [1.29, 1.82) is 0 Å². The number of ether oxygens (including phenoxy) is 1. The average molecular weight is 382 g/mol. The molecule has 1 aromatic carbocycles. The molecular weight excluding hydrogens is 361 g/mol. The van der Waals surface area contributed by atoms with E-state index in [1.165, 1.54) is 6.20 Å². The van der Waals surface area contributed by atoms with Gasteiger partial charge in [0.1, 0.15) is 10.8 Å². The molecule has 0 aliphatic carbocycles. The van der Waals surface area contributed by atoms with Crippen molar-refractivity contribution >= 4 is 29.1 Å². The second kappa shape index (κ2) is 8.04. The van der Waals surface area contributed by atoms with E-state index in [1.54, 1.807) is 42.3 Å². The van der Waals surface area contributed by atoms with E-state index in [4.69, 9.17) is 33.7 Å². The van der Waals surface area contributed by atoms with E-state index < -0.39 is 0 Å². The van der Waals surface area contributed by atoms with Gasteiger partial charge in [-0.2, -0.15) is 0 Å². The molecule has 0 radical (unpaired) electrons. The van der Waals surface area contributed by atoms with Crippen molar-refractivity contribution in [3.8, 4) is 11.6 Å². The summed E-state index contributed by atoms with van der Waals surface area (Å²) in [6.45, 7) is 5.08. The zero-order valence-corrected chi connectivity index (χ0v) is 15.9. The highest BCUT2D eigenvalue weighted by Gasteiger charge is 2.22. The van der Waals surface area contributed by atoms with Crippen LogP contribution < -0.4 is 10.5 Å². The van der Waals surface area contributed by atoms with Gasteiger partial charge in [0.2, 0.25) is 5.88 Å². The second-order valence-electron chi connectivity index (χ2n) is 6.57. The fourth-order valence-corrected chi connectivity index (χ4v) is 2.57. The van der Waals surface area contributed by atoms with Crippen LogP contribution in [0.25, 0.3) is 0 Å². The third-order valence-electron chi connectivity index (χ3n) is 3.68. The fraction of sp³-hybridized carbons (Fsp3) is 0.333. The monoisotopic (exact) mass is 381 g/mol. The number of nitrogens with zero attached hydrogens (tertiary/aromatic N) is 2. The number of benzene rings is 1. The van der Waals surface area contributed by atoms with Gasteiger partial charge in [-0.1, -0.05) is 43.1 Å². The number of hydrogen-bond donors (Lipinski definition) is 1. The minimum Gasteiger partial charge on any atom is -0.437 e. The number of aromatic nitrogens is 1. The van der Waals surface area contributed by atoms with Gasteiger partial charge >= 0.3 is 0 Å². The van der Waals surface area contributed by atoms with Crippen LogP contribution in [-0.2, 0) is 0 Å². The largest absolute Gasteiger partial charge is 0.437 e. The van der Waals surface area contributed by atoms with Gasteiger partial charge in [0, 0.05) is 25.9 Å². The highest BCUT2D eigenvalue weighted by atomic mass is 35.5. The molecule has 2 rings (SSSR count). The summed E-state index contributed by atoms with van der Waals surface area (Å²) in [4.78, 5) is 18.3. The van der Waals surface area contributed by atoms with Crippen LogP contribution in [0.4, 0.5) is 0 Å². The molecule has 2 N–H and O–H groups in total. The third kappa shape index (κ3) is 5.08. The molecule has 0 saturated carbocycles. The molecule has 134 valence electrons. The summed E-state index contributed by atoms with van der Waals surface area (Å²) in [5, 5.41) is 0.713. The van der Waals surface area contributed by atoms with E-state index in [0.29, 0.717) is 40.3 Å². The van der Waals surface area contributed by atoms with Crippen molar-refractivity contribution in [1.82, 2.24) is 9.88 Å². The van der Waals surface area contributed by atoms with E-state index in [9.17, 15) is 4.79 Å². The Hall–Kier alpha value is -1.82. The summed E-state index contributed by atoms with van der Waals surface area (Å²) in [6.07, 6.45) is 1.47. The lowest BCUT2D eigenvalue weighted by molar-refractivity contribution is 0.0740. The van der Waals surface area contributed by atoms with Gasteiger partial charge in [-0.3, -0.25) is 4.79 Å². The molecule has 1 heterocycles. The molecule has 7 heteroatoms. The summed E-state index contributed by atoms with van der Waals surface area (Å²) in [6, 6.07) is 8.37. The van der Waals surface area contributed by atoms with E-state index in [-0.39, 0.29) is 11.3 Å². The molecule has 0 unspecified atom stereocenters. The topological polar surface area (TPSA) is 68.5 Å². The van der Waals surface area contributed by atoms with Crippen LogP contribution in [0.3, 0.4) is 0 Å². The number of amides is 1. The van der Waals surface area contributed by atoms with Gasteiger partial charge in [0.05, 0.1) is 10.6 Å². The molecule has 0 atom stereocenters. The van der Waals surface area contributed by atoms with E-state index >= 15 is 0 Å². The zero-order chi connectivity index (χ0) is 18.6. The number of carbonyl (C=O) groups is 1. The number of rotatable bonds is 6. The van der Waals surface area contributed by atoms with Crippen LogP contribution >= 0.6 is 23.2 Å². The van der Waals surface area contributed by atoms with Crippen molar-refractivity contribution < 1.29 is 9.53 Å². The normalized spacial score (nSPS) is 11.3. The van der Waals surface area contributed by atoms with Crippen molar-refractivity contribution in [2.75, 3.05) is 20.1 Å². The summed E-state index contributed by atoms with van der Waals surface area (Å²) in [5.74, 6) is 0.606. The van der Waals surface area contributed by atoms with Crippen LogP contribution in [-0.4, -0.2) is 35.9 Å². The Morgan fingerprint density at radius 2 is 2.00 bits per heavy atom. The first kappa shape index (κ1) is 19.5. The molecule has 1 amide bonds. The highest BCUT2D eigenvalue weighted by molar-refractivity contribution is 6.42. The maximum atomic E-state index is 12.5. The van der Waals surface area contributed by atoms with Crippen molar-refractivity contribution in [2.24, 2.45) is 11.1 Å². The van der Waals surface area contributed by atoms with Gasteiger partial charge in [-0.05, 0) is 30.2 Å². The molecule has 2 aromatic rings. The Bertz CT molecular complexity index is 748. The predicted molar refractivity (Wildman–Crippen MR) is 101 cm³/mol. The molecular formula is C18H21Cl2N3O2. The smallest absolute Gasteiger partial charge is 0.255 e. The lowest BCUT2D eigenvalue weighted by Crippen LogP contribution is -2.39. The van der Waals surface area contributed by atoms with Gasteiger partial charge in [-0.25, -0.2) is 4.98 Å². The van der Waals surface area contributed by atoms with Crippen molar-refractivity contribution in [2.45, 2.75) is 13.8 Å². The lowest BCUT2D eigenvalue weighted by atomic mass is 9.93. The minimum atomic E-state index is -0.149. The molecule has 0 bridgehead atoms. The number of halogens is 2. The number of nitrogens with two attached hydrogens (primary N) is 1. The predicted octanol–water partition coefficient (Wildman–Crippen LogP) is 4.24. The summed E-state index contributed by atoms with van der Waals surface area (Å²) in [5.41, 5.74) is 6.05. The zero-order valence-electron chi connectivity index (χ0n) is 14.4. The minimum absolute atomic E-state index is 0.124. The quantitative estimate of drug-likeness (QED) is 0.812. The summed E-state index contributed by atoms with van der Waals surface area (Å²) < 4.78 is 5.61. The molecule has 0 spiro atoms. The molecule has 5 nitrogen and oxygen atoms in total. The van der Waals surface area contributed by atoms with Gasteiger partial charge in [-0.15, -0.1) is 0 Å². The van der Waals surface area contributed by atoms with Crippen LogP contribution in [0.15, 0.2) is 36.5 Å². The van der Waals surface area contributed by atoms with Gasteiger partial charge in [0.15, 0.2) is 0 Å². The average Bonchev–Trinajstić information content (AvgIpc) is 2.58. The molecule has 1 aromatic heterocycles. The Labute approximate surface area is 157 Å². The molecule has 25 heavy (non-hydrogen) atoms. The van der Waals surface area contributed by atoms with Crippen molar-refractivity contribution in [3.05, 3.63) is 52.1 Å². The molecule has 0 fully saturated rings. The SMILES string of the molecule is CN(CC(C)(C)CN)C(=O)c1ccc(Oc2cccc(Cl)c2Cl)nc1. The first-order chi connectivity index (χ1) is 11.7. The van der Waals surface area contributed by atoms with Crippen LogP contribution in [0.5, 0.6) is 11.6 Å². The van der Waals surface area contributed by atoms with Crippen molar-refractivity contribution in [3.63, 3.8) is 0 Å². The number of carbonyl (C=O) groups excluding carboxylic acids is 1. The second-order valence-corrected chi connectivity index (χ2v) is 7.35.